The number of nitrogens with one attached hydrogen (secondary N) is 1. The number of halogens is 1. The van der Waals surface area contributed by atoms with Crippen LogP contribution in [0.25, 0.3) is 0 Å². The van der Waals surface area contributed by atoms with Crippen molar-refractivity contribution >= 4 is 22.9 Å². The summed E-state index contributed by atoms with van der Waals surface area (Å²) in [6, 6.07) is 0. The fourth-order valence-corrected chi connectivity index (χ4v) is 2.04. The van der Waals surface area contributed by atoms with Crippen molar-refractivity contribution in [2.24, 2.45) is 7.05 Å². The quantitative estimate of drug-likeness (QED) is 0.877. The molecule has 0 aromatic carbocycles. The van der Waals surface area contributed by atoms with E-state index in [1.165, 1.54) is 11.3 Å². The third-order valence-electron chi connectivity index (χ3n) is 1.89. The molecule has 0 radical (unpaired) electrons. The molecule has 0 unspecified atom stereocenters. The Morgan fingerprint density at radius 2 is 2.40 bits per heavy atom. The van der Waals surface area contributed by atoms with E-state index in [1.54, 1.807) is 12.5 Å². The normalized spacial score (nSPS) is 10.8. The molecular formula is C8H10ClN5S. The Bertz CT molecular complexity index is 438. The van der Waals surface area contributed by atoms with Gasteiger partial charge in [-0.15, -0.1) is 21.5 Å². The molecule has 0 aliphatic carbocycles. The van der Waals surface area contributed by atoms with Crippen molar-refractivity contribution in [1.29, 1.82) is 0 Å². The summed E-state index contributed by atoms with van der Waals surface area (Å²) in [5, 5.41) is 11.9. The van der Waals surface area contributed by atoms with Crippen LogP contribution in [0, 0.1) is 0 Å². The minimum Gasteiger partial charge on any atom is -0.320 e. The Morgan fingerprint density at radius 3 is 3.00 bits per heavy atom. The van der Waals surface area contributed by atoms with Gasteiger partial charge in [0.25, 0.3) is 0 Å². The molecule has 5 nitrogen and oxygen atoms in total. The van der Waals surface area contributed by atoms with Gasteiger partial charge in [-0.25, -0.2) is 4.98 Å². The molecule has 0 bridgehead atoms. The Morgan fingerprint density at radius 1 is 1.53 bits per heavy atom. The Hall–Kier alpha value is -0.980. The van der Waals surface area contributed by atoms with Crippen LogP contribution in [-0.4, -0.2) is 19.7 Å². The lowest BCUT2D eigenvalue weighted by molar-refractivity contribution is 0.635. The maximum Gasteiger partial charge on any atom is 0.146 e. The highest BCUT2D eigenvalue weighted by Crippen LogP contribution is 2.17. The first-order valence-electron chi connectivity index (χ1n) is 4.39. The summed E-state index contributed by atoms with van der Waals surface area (Å²) in [5.74, 6) is 0.901. The average Bonchev–Trinajstić information content (AvgIpc) is 2.77. The molecule has 0 saturated heterocycles. The van der Waals surface area contributed by atoms with Gasteiger partial charge in [0, 0.05) is 13.6 Å². The maximum atomic E-state index is 5.77. The van der Waals surface area contributed by atoms with Crippen LogP contribution < -0.4 is 5.32 Å². The number of aryl methyl sites for hydroxylation is 1. The summed E-state index contributed by atoms with van der Waals surface area (Å²) in [5.41, 5.74) is 0. The Kier molecular flexibility index (Phi) is 3.30. The summed E-state index contributed by atoms with van der Waals surface area (Å²) in [4.78, 5) is 4.14. The predicted octanol–water partition coefficient (Wildman–Crippen LogP) is 1.21. The molecule has 0 amide bonds. The molecule has 0 saturated carbocycles. The van der Waals surface area contributed by atoms with Gasteiger partial charge in [0.2, 0.25) is 0 Å². The largest absolute Gasteiger partial charge is 0.320 e. The van der Waals surface area contributed by atoms with Gasteiger partial charge in [0.15, 0.2) is 0 Å². The third kappa shape index (κ3) is 2.74. The van der Waals surface area contributed by atoms with Gasteiger partial charge in [-0.2, -0.15) is 0 Å². The van der Waals surface area contributed by atoms with Crippen LogP contribution in [0.15, 0.2) is 12.5 Å². The molecule has 2 aromatic rings. The van der Waals surface area contributed by atoms with Gasteiger partial charge in [-0.1, -0.05) is 11.6 Å². The Balaban J connectivity index is 1.83. The molecule has 0 atom stereocenters. The molecule has 0 fully saturated rings. The molecule has 0 aliphatic heterocycles. The van der Waals surface area contributed by atoms with Crippen LogP contribution in [0.1, 0.15) is 10.8 Å². The molecule has 15 heavy (non-hydrogen) atoms. The molecule has 0 spiro atoms. The van der Waals surface area contributed by atoms with Crippen LogP contribution in [0.5, 0.6) is 0 Å². The first-order chi connectivity index (χ1) is 7.25. The molecule has 2 aromatic heterocycles. The minimum absolute atomic E-state index is 0.674. The van der Waals surface area contributed by atoms with E-state index in [4.69, 9.17) is 11.6 Å². The lowest BCUT2D eigenvalue weighted by Crippen LogP contribution is -2.15. The fourth-order valence-electron chi connectivity index (χ4n) is 1.12. The number of rotatable bonds is 4. The highest BCUT2D eigenvalue weighted by molar-refractivity contribution is 7.15. The predicted molar refractivity (Wildman–Crippen MR) is 58.7 cm³/mol. The highest BCUT2D eigenvalue weighted by Gasteiger charge is 2.02. The van der Waals surface area contributed by atoms with Gasteiger partial charge in [0.05, 0.1) is 12.7 Å². The van der Waals surface area contributed by atoms with E-state index in [0.717, 1.165) is 10.8 Å². The maximum absolute atomic E-state index is 5.77. The molecule has 2 rings (SSSR count). The number of hydrogen-bond acceptors (Lipinski definition) is 5. The van der Waals surface area contributed by atoms with Gasteiger partial charge >= 0.3 is 0 Å². The van der Waals surface area contributed by atoms with Crippen LogP contribution in [0.4, 0.5) is 0 Å². The van der Waals surface area contributed by atoms with E-state index in [2.05, 4.69) is 20.5 Å². The van der Waals surface area contributed by atoms with Crippen molar-refractivity contribution in [1.82, 2.24) is 25.1 Å². The van der Waals surface area contributed by atoms with Crippen molar-refractivity contribution in [3.05, 3.63) is 27.7 Å². The minimum atomic E-state index is 0.674. The van der Waals surface area contributed by atoms with E-state index in [9.17, 15) is 0 Å². The Labute approximate surface area is 96.1 Å². The zero-order chi connectivity index (χ0) is 10.7. The van der Waals surface area contributed by atoms with Crippen LogP contribution >= 0.6 is 22.9 Å². The van der Waals surface area contributed by atoms with Gasteiger partial charge in [0.1, 0.15) is 21.5 Å². The lowest BCUT2D eigenvalue weighted by Gasteiger charge is -2.01. The van der Waals surface area contributed by atoms with Crippen LogP contribution in [-0.2, 0) is 20.1 Å². The van der Waals surface area contributed by atoms with Crippen molar-refractivity contribution in [3.63, 3.8) is 0 Å². The van der Waals surface area contributed by atoms with Gasteiger partial charge in [-0.3, -0.25) is 0 Å². The summed E-state index contributed by atoms with van der Waals surface area (Å²) in [6.07, 6.45) is 3.34. The van der Waals surface area contributed by atoms with E-state index < -0.39 is 0 Å². The monoisotopic (exact) mass is 243 g/mol. The van der Waals surface area contributed by atoms with Gasteiger partial charge < -0.3 is 9.88 Å². The van der Waals surface area contributed by atoms with Crippen molar-refractivity contribution < 1.29 is 0 Å². The number of nitrogens with zero attached hydrogens (tertiary/aromatic N) is 4. The SMILES string of the molecule is Cn1cnnc1CNCc1ncc(Cl)s1. The number of thiazole rings is 1. The van der Waals surface area contributed by atoms with E-state index >= 15 is 0 Å². The molecular weight excluding hydrogens is 234 g/mol. The standard InChI is InChI=1S/C8H10ClN5S/c1-14-5-12-13-7(14)3-10-4-8-11-2-6(9)15-8/h2,5,10H,3-4H2,1H3. The first-order valence-corrected chi connectivity index (χ1v) is 5.59. The summed E-state index contributed by atoms with van der Waals surface area (Å²) >= 11 is 7.24. The zero-order valence-corrected chi connectivity index (χ0v) is 9.72. The van der Waals surface area contributed by atoms with Crippen molar-refractivity contribution in [2.75, 3.05) is 0 Å². The molecule has 1 N–H and O–H groups in total. The first kappa shape index (κ1) is 10.5. The molecule has 80 valence electrons. The highest BCUT2D eigenvalue weighted by atomic mass is 35.5. The van der Waals surface area contributed by atoms with Crippen molar-refractivity contribution in [2.45, 2.75) is 13.1 Å². The number of aromatic nitrogens is 4. The van der Waals surface area contributed by atoms with Crippen LogP contribution in [0.3, 0.4) is 0 Å². The zero-order valence-electron chi connectivity index (χ0n) is 8.14. The summed E-state index contributed by atoms with van der Waals surface area (Å²) in [6.45, 7) is 1.37. The third-order valence-corrected chi connectivity index (χ3v) is 3.00. The lowest BCUT2D eigenvalue weighted by atomic mass is 10.5. The van der Waals surface area contributed by atoms with E-state index in [-0.39, 0.29) is 0 Å². The average molecular weight is 244 g/mol. The van der Waals surface area contributed by atoms with Crippen LogP contribution in [0.2, 0.25) is 4.34 Å². The second-order valence-electron chi connectivity index (χ2n) is 3.02. The number of hydrogen-bond donors (Lipinski definition) is 1. The fraction of sp³-hybridized carbons (Fsp3) is 0.375. The second-order valence-corrected chi connectivity index (χ2v) is 4.77. The molecule has 2 heterocycles. The molecule has 0 aliphatic rings. The smallest absolute Gasteiger partial charge is 0.146 e. The summed E-state index contributed by atoms with van der Waals surface area (Å²) in [7, 11) is 1.91. The van der Waals surface area contributed by atoms with Crippen molar-refractivity contribution in [3.8, 4) is 0 Å². The van der Waals surface area contributed by atoms with E-state index in [0.29, 0.717) is 17.4 Å². The topological polar surface area (TPSA) is 55.6 Å². The van der Waals surface area contributed by atoms with E-state index in [1.807, 2.05) is 11.6 Å². The summed E-state index contributed by atoms with van der Waals surface area (Å²) < 4.78 is 2.59. The second kappa shape index (κ2) is 4.69. The van der Waals surface area contributed by atoms with Gasteiger partial charge in [-0.05, 0) is 0 Å². The molecule has 7 heteroatoms.